The summed E-state index contributed by atoms with van der Waals surface area (Å²) in [7, 11) is 0. The summed E-state index contributed by atoms with van der Waals surface area (Å²) in [6, 6.07) is 8.78. The van der Waals surface area contributed by atoms with Crippen LogP contribution in [0.2, 0.25) is 0 Å². The largest absolute Gasteiger partial charge is 0.390 e. The van der Waals surface area contributed by atoms with Crippen molar-refractivity contribution in [3.63, 3.8) is 0 Å². The fourth-order valence-corrected chi connectivity index (χ4v) is 3.12. The van der Waals surface area contributed by atoms with Gasteiger partial charge in [0.25, 0.3) is 0 Å². The van der Waals surface area contributed by atoms with Gasteiger partial charge in [0.15, 0.2) is 0 Å². The highest BCUT2D eigenvalue weighted by Gasteiger charge is 2.36. The van der Waals surface area contributed by atoms with Gasteiger partial charge in [-0.25, -0.2) is 0 Å². The molecule has 2 unspecified atom stereocenters. The predicted octanol–water partition coefficient (Wildman–Crippen LogP) is 4.29. The van der Waals surface area contributed by atoms with Crippen LogP contribution in [0.25, 0.3) is 0 Å². The van der Waals surface area contributed by atoms with Crippen LogP contribution in [-0.4, -0.2) is 10.7 Å². The van der Waals surface area contributed by atoms with Crippen LogP contribution in [0.15, 0.2) is 24.3 Å². The van der Waals surface area contributed by atoms with Gasteiger partial charge < -0.3 is 5.11 Å². The molecule has 1 heteroatoms. The van der Waals surface area contributed by atoms with E-state index in [1.165, 1.54) is 24.0 Å². The quantitative estimate of drug-likeness (QED) is 0.840. The van der Waals surface area contributed by atoms with Crippen LogP contribution < -0.4 is 0 Å². The molecule has 1 saturated carbocycles. The molecule has 1 fully saturated rings. The minimum absolute atomic E-state index is 0.444. The maximum Gasteiger partial charge on any atom is 0.0690 e. The molecule has 1 N–H and O–H groups in total. The fourth-order valence-electron chi connectivity index (χ4n) is 3.12. The molecule has 1 aliphatic rings. The van der Waals surface area contributed by atoms with Gasteiger partial charge in [-0.2, -0.15) is 0 Å². The third kappa shape index (κ3) is 3.14. The zero-order valence-electron chi connectivity index (χ0n) is 11.9. The SMILES string of the molecule is CCC1CCC(O)(Cc2ccc(C(C)C)cc2)C1. The average Bonchev–Trinajstić information content (AvgIpc) is 2.71. The maximum absolute atomic E-state index is 10.6. The van der Waals surface area contributed by atoms with E-state index in [1.807, 2.05) is 0 Å². The molecule has 0 spiro atoms. The molecule has 0 aromatic heterocycles. The van der Waals surface area contributed by atoms with Crippen molar-refractivity contribution < 1.29 is 5.11 Å². The summed E-state index contributed by atoms with van der Waals surface area (Å²) >= 11 is 0. The molecule has 0 saturated heterocycles. The van der Waals surface area contributed by atoms with Gasteiger partial charge in [0.2, 0.25) is 0 Å². The Balaban J connectivity index is 2.01. The van der Waals surface area contributed by atoms with Crippen LogP contribution in [-0.2, 0) is 6.42 Å². The minimum atomic E-state index is -0.444. The first kappa shape index (κ1) is 13.6. The topological polar surface area (TPSA) is 20.2 Å². The smallest absolute Gasteiger partial charge is 0.0690 e. The van der Waals surface area contributed by atoms with Gasteiger partial charge in [-0.3, -0.25) is 0 Å². The van der Waals surface area contributed by atoms with Gasteiger partial charge >= 0.3 is 0 Å². The van der Waals surface area contributed by atoms with Crippen molar-refractivity contribution in [2.45, 2.75) is 64.4 Å². The maximum atomic E-state index is 10.6. The monoisotopic (exact) mass is 246 g/mol. The number of hydrogen-bond acceptors (Lipinski definition) is 1. The van der Waals surface area contributed by atoms with E-state index in [0.29, 0.717) is 5.92 Å². The zero-order valence-corrected chi connectivity index (χ0v) is 11.9. The highest BCUT2D eigenvalue weighted by molar-refractivity contribution is 5.26. The van der Waals surface area contributed by atoms with E-state index < -0.39 is 5.60 Å². The first-order chi connectivity index (χ1) is 8.52. The van der Waals surface area contributed by atoms with E-state index in [1.54, 1.807) is 0 Å². The summed E-state index contributed by atoms with van der Waals surface area (Å²) in [5, 5.41) is 10.6. The van der Waals surface area contributed by atoms with Crippen LogP contribution in [0, 0.1) is 5.92 Å². The van der Waals surface area contributed by atoms with Crippen LogP contribution in [0.5, 0.6) is 0 Å². The predicted molar refractivity (Wildman–Crippen MR) is 76.8 cm³/mol. The van der Waals surface area contributed by atoms with Crippen molar-refractivity contribution in [3.05, 3.63) is 35.4 Å². The van der Waals surface area contributed by atoms with Crippen molar-refractivity contribution in [1.29, 1.82) is 0 Å². The summed E-state index contributed by atoms with van der Waals surface area (Å²) in [4.78, 5) is 0. The summed E-state index contributed by atoms with van der Waals surface area (Å²) in [6.07, 6.45) is 5.17. The van der Waals surface area contributed by atoms with Crippen LogP contribution >= 0.6 is 0 Å². The van der Waals surface area contributed by atoms with Gasteiger partial charge in [-0.15, -0.1) is 0 Å². The molecule has 0 amide bonds. The van der Waals surface area contributed by atoms with Crippen LogP contribution in [0.1, 0.15) is 63.5 Å². The summed E-state index contributed by atoms with van der Waals surface area (Å²) in [5.41, 5.74) is 2.21. The molecule has 2 atom stereocenters. The second kappa shape index (κ2) is 5.44. The van der Waals surface area contributed by atoms with E-state index in [-0.39, 0.29) is 0 Å². The van der Waals surface area contributed by atoms with Crippen molar-refractivity contribution >= 4 is 0 Å². The van der Waals surface area contributed by atoms with Crippen molar-refractivity contribution in [2.24, 2.45) is 5.92 Å². The molecular weight excluding hydrogens is 220 g/mol. The third-order valence-electron chi connectivity index (χ3n) is 4.44. The normalized spacial score (nSPS) is 27.9. The lowest BCUT2D eigenvalue weighted by atomic mass is 9.90. The summed E-state index contributed by atoms with van der Waals surface area (Å²) in [5.74, 6) is 1.31. The second-order valence-electron chi connectivity index (χ2n) is 6.31. The lowest BCUT2D eigenvalue weighted by Gasteiger charge is -2.23. The molecule has 1 aromatic rings. The lowest BCUT2D eigenvalue weighted by molar-refractivity contribution is 0.0437. The Morgan fingerprint density at radius 2 is 1.94 bits per heavy atom. The summed E-state index contributed by atoms with van der Waals surface area (Å²) in [6.45, 7) is 6.66. The zero-order chi connectivity index (χ0) is 13.2. The Morgan fingerprint density at radius 1 is 1.28 bits per heavy atom. The number of rotatable bonds is 4. The standard InChI is InChI=1S/C17H26O/c1-4-14-9-10-17(18,11-14)12-15-5-7-16(8-6-15)13(2)3/h5-8,13-14,18H,4,9-12H2,1-3H3. The molecular formula is C17H26O. The number of benzene rings is 1. The van der Waals surface area contributed by atoms with E-state index in [4.69, 9.17) is 0 Å². The first-order valence-corrected chi connectivity index (χ1v) is 7.33. The van der Waals surface area contributed by atoms with Crippen molar-refractivity contribution in [1.82, 2.24) is 0 Å². The van der Waals surface area contributed by atoms with Gasteiger partial charge in [0.1, 0.15) is 0 Å². The second-order valence-corrected chi connectivity index (χ2v) is 6.31. The highest BCUT2D eigenvalue weighted by atomic mass is 16.3. The molecule has 0 bridgehead atoms. The number of hydrogen-bond donors (Lipinski definition) is 1. The third-order valence-corrected chi connectivity index (χ3v) is 4.44. The van der Waals surface area contributed by atoms with E-state index >= 15 is 0 Å². The Kier molecular flexibility index (Phi) is 4.11. The average molecular weight is 246 g/mol. The van der Waals surface area contributed by atoms with Gasteiger partial charge in [0, 0.05) is 6.42 Å². The molecule has 18 heavy (non-hydrogen) atoms. The lowest BCUT2D eigenvalue weighted by Crippen LogP contribution is -2.27. The molecule has 1 nitrogen and oxygen atoms in total. The van der Waals surface area contributed by atoms with Gasteiger partial charge in [-0.05, 0) is 42.2 Å². The Bertz CT molecular complexity index is 379. The Hall–Kier alpha value is -0.820. The van der Waals surface area contributed by atoms with Crippen LogP contribution in [0.4, 0.5) is 0 Å². The van der Waals surface area contributed by atoms with E-state index in [9.17, 15) is 5.11 Å². The molecule has 100 valence electrons. The molecule has 0 radical (unpaired) electrons. The molecule has 1 aliphatic carbocycles. The van der Waals surface area contributed by atoms with Crippen molar-refractivity contribution in [2.75, 3.05) is 0 Å². The first-order valence-electron chi connectivity index (χ1n) is 7.33. The minimum Gasteiger partial charge on any atom is -0.390 e. The molecule has 2 rings (SSSR count). The van der Waals surface area contributed by atoms with Crippen LogP contribution in [0.3, 0.4) is 0 Å². The van der Waals surface area contributed by atoms with E-state index in [0.717, 1.165) is 25.2 Å². The highest BCUT2D eigenvalue weighted by Crippen LogP contribution is 2.38. The molecule has 1 aromatic carbocycles. The summed E-state index contributed by atoms with van der Waals surface area (Å²) < 4.78 is 0. The van der Waals surface area contributed by atoms with Gasteiger partial charge in [0.05, 0.1) is 5.60 Å². The van der Waals surface area contributed by atoms with E-state index in [2.05, 4.69) is 45.0 Å². The fraction of sp³-hybridized carbons (Fsp3) is 0.647. The number of aliphatic hydroxyl groups is 1. The molecule has 0 aliphatic heterocycles. The Morgan fingerprint density at radius 3 is 2.44 bits per heavy atom. The van der Waals surface area contributed by atoms with Gasteiger partial charge in [-0.1, -0.05) is 51.5 Å². The molecule has 0 heterocycles. The Labute approximate surface area is 111 Å². The van der Waals surface area contributed by atoms with Crippen molar-refractivity contribution in [3.8, 4) is 0 Å².